The quantitative estimate of drug-likeness (QED) is 0.778. The zero-order chi connectivity index (χ0) is 20.6. The van der Waals surface area contributed by atoms with E-state index in [1.165, 1.54) is 0 Å². The maximum absolute atomic E-state index is 12.6. The molecule has 3 rings (SSSR count). The second kappa shape index (κ2) is 9.86. The van der Waals surface area contributed by atoms with Crippen LogP contribution in [-0.4, -0.2) is 52.6 Å². The highest BCUT2D eigenvalue weighted by atomic mass is 16.6. The van der Waals surface area contributed by atoms with Crippen molar-refractivity contribution in [3.05, 3.63) is 53.9 Å². The minimum absolute atomic E-state index is 0.123. The second-order valence-corrected chi connectivity index (χ2v) is 6.98. The predicted molar refractivity (Wildman–Crippen MR) is 110 cm³/mol. The maximum atomic E-state index is 12.6. The summed E-state index contributed by atoms with van der Waals surface area (Å²) < 4.78 is 5.04. The Labute approximate surface area is 170 Å². The van der Waals surface area contributed by atoms with Gasteiger partial charge < -0.3 is 20.3 Å². The third-order valence-electron chi connectivity index (χ3n) is 4.89. The van der Waals surface area contributed by atoms with Gasteiger partial charge in [-0.2, -0.15) is 0 Å². The fourth-order valence-electron chi connectivity index (χ4n) is 3.25. The van der Waals surface area contributed by atoms with Gasteiger partial charge in [0.15, 0.2) is 0 Å². The van der Waals surface area contributed by atoms with E-state index in [0.29, 0.717) is 31.3 Å². The summed E-state index contributed by atoms with van der Waals surface area (Å²) in [6.45, 7) is 5.34. The third kappa shape index (κ3) is 5.66. The summed E-state index contributed by atoms with van der Waals surface area (Å²) in [6.07, 6.45) is 2.84. The summed E-state index contributed by atoms with van der Waals surface area (Å²) >= 11 is 0. The van der Waals surface area contributed by atoms with Crippen LogP contribution < -0.4 is 10.6 Å². The molecule has 2 aromatic rings. The third-order valence-corrected chi connectivity index (χ3v) is 4.89. The molecular formula is C21H27N5O3. The van der Waals surface area contributed by atoms with Gasteiger partial charge >= 0.3 is 6.09 Å². The van der Waals surface area contributed by atoms with Crippen LogP contribution in [0.25, 0.3) is 0 Å². The molecule has 1 fully saturated rings. The van der Waals surface area contributed by atoms with Crippen LogP contribution >= 0.6 is 0 Å². The van der Waals surface area contributed by atoms with E-state index in [9.17, 15) is 9.59 Å². The lowest BCUT2D eigenvalue weighted by Crippen LogP contribution is -2.42. The standard InChI is InChI=1S/C21H27N5O3/c1-3-29-21(28)26-13-10-17(11-14-26)24-20-22-12-9-18(25-20)19(27)23-15(2)16-7-5-4-6-8-16/h4-9,12,15,17H,3,10-11,13-14H2,1-2H3,(H,23,27)(H,22,24,25). The van der Waals surface area contributed by atoms with Gasteiger partial charge in [-0.15, -0.1) is 0 Å². The minimum atomic E-state index is -0.270. The molecule has 154 valence electrons. The number of carbonyl (C=O) groups is 2. The van der Waals surface area contributed by atoms with Crippen molar-refractivity contribution in [3.8, 4) is 0 Å². The lowest BCUT2D eigenvalue weighted by molar-refractivity contribution is 0.0932. The van der Waals surface area contributed by atoms with Crippen molar-refractivity contribution < 1.29 is 14.3 Å². The molecule has 1 atom stereocenters. The second-order valence-electron chi connectivity index (χ2n) is 6.98. The van der Waals surface area contributed by atoms with E-state index in [4.69, 9.17) is 4.74 Å². The Bertz CT molecular complexity index is 822. The van der Waals surface area contributed by atoms with E-state index < -0.39 is 0 Å². The molecule has 8 heteroatoms. The Morgan fingerprint density at radius 2 is 1.93 bits per heavy atom. The molecule has 8 nitrogen and oxygen atoms in total. The Hall–Kier alpha value is -3.16. The van der Waals surface area contributed by atoms with Crippen molar-refractivity contribution in [1.82, 2.24) is 20.2 Å². The molecule has 0 aliphatic carbocycles. The summed E-state index contributed by atoms with van der Waals surface area (Å²) in [5.74, 6) is 0.170. The SMILES string of the molecule is CCOC(=O)N1CCC(Nc2nccc(C(=O)NC(C)c3ccccc3)n2)CC1. The molecule has 29 heavy (non-hydrogen) atoms. The van der Waals surface area contributed by atoms with Crippen molar-refractivity contribution >= 4 is 17.9 Å². The zero-order valence-electron chi connectivity index (χ0n) is 16.8. The lowest BCUT2D eigenvalue weighted by atomic mass is 10.1. The van der Waals surface area contributed by atoms with Crippen LogP contribution in [0.1, 0.15) is 48.8 Å². The summed E-state index contributed by atoms with van der Waals surface area (Å²) in [4.78, 5) is 34.6. The number of rotatable bonds is 6. The summed E-state index contributed by atoms with van der Waals surface area (Å²) in [6, 6.07) is 11.4. The molecule has 2 N–H and O–H groups in total. The molecule has 1 aromatic carbocycles. The summed E-state index contributed by atoms with van der Waals surface area (Å²) in [5, 5.41) is 6.23. The molecule has 1 aromatic heterocycles. The van der Waals surface area contributed by atoms with E-state index in [-0.39, 0.29) is 24.1 Å². The lowest BCUT2D eigenvalue weighted by Gasteiger charge is -2.31. The van der Waals surface area contributed by atoms with Crippen LogP contribution in [0.5, 0.6) is 0 Å². The fourth-order valence-corrected chi connectivity index (χ4v) is 3.25. The van der Waals surface area contributed by atoms with E-state index in [1.54, 1.807) is 24.1 Å². The normalized spacial score (nSPS) is 15.4. The van der Waals surface area contributed by atoms with Crippen molar-refractivity contribution in [2.75, 3.05) is 25.0 Å². The fraction of sp³-hybridized carbons (Fsp3) is 0.429. The van der Waals surface area contributed by atoms with Crippen molar-refractivity contribution in [3.63, 3.8) is 0 Å². The molecule has 2 heterocycles. The highest BCUT2D eigenvalue weighted by Crippen LogP contribution is 2.16. The first-order valence-corrected chi connectivity index (χ1v) is 9.94. The number of hydrogen-bond acceptors (Lipinski definition) is 6. The number of nitrogens with zero attached hydrogens (tertiary/aromatic N) is 3. The van der Waals surface area contributed by atoms with Crippen LogP contribution in [0.3, 0.4) is 0 Å². The monoisotopic (exact) mass is 397 g/mol. The van der Waals surface area contributed by atoms with Gasteiger partial charge in [0.25, 0.3) is 5.91 Å². The number of amides is 2. The average molecular weight is 397 g/mol. The molecule has 2 amide bonds. The van der Waals surface area contributed by atoms with Gasteiger partial charge in [-0.05, 0) is 38.3 Å². The van der Waals surface area contributed by atoms with E-state index in [1.807, 2.05) is 37.3 Å². The number of anilines is 1. The average Bonchev–Trinajstić information content (AvgIpc) is 2.75. The highest BCUT2D eigenvalue weighted by Gasteiger charge is 2.24. The zero-order valence-corrected chi connectivity index (χ0v) is 16.8. The Kier molecular flexibility index (Phi) is 6.99. The molecule has 1 unspecified atom stereocenters. The Morgan fingerprint density at radius 1 is 1.21 bits per heavy atom. The van der Waals surface area contributed by atoms with Gasteiger partial charge in [0.1, 0.15) is 5.69 Å². The summed E-state index contributed by atoms with van der Waals surface area (Å²) in [7, 11) is 0. The number of benzene rings is 1. The van der Waals surface area contributed by atoms with Gasteiger partial charge in [-0.3, -0.25) is 4.79 Å². The molecule has 0 radical (unpaired) electrons. The number of hydrogen-bond donors (Lipinski definition) is 2. The molecule has 0 spiro atoms. The topological polar surface area (TPSA) is 96.5 Å². The van der Waals surface area contributed by atoms with Crippen LogP contribution in [0.15, 0.2) is 42.6 Å². The number of likely N-dealkylation sites (tertiary alicyclic amines) is 1. The molecule has 1 aliphatic rings. The highest BCUT2D eigenvalue weighted by molar-refractivity contribution is 5.92. The van der Waals surface area contributed by atoms with Gasteiger partial charge in [0.05, 0.1) is 12.6 Å². The molecular weight excluding hydrogens is 370 g/mol. The summed E-state index contributed by atoms with van der Waals surface area (Å²) in [5.41, 5.74) is 1.34. The van der Waals surface area contributed by atoms with E-state index >= 15 is 0 Å². The largest absolute Gasteiger partial charge is 0.450 e. The number of nitrogens with one attached hydrogen (secondary N) is 2. The number of ether oxygens (including phenoxy) is 1. The van der Waals surface area contributed by atoms with Crippen LogP contribution in [-0.2, 0) is 4.74 Å². The first-order chi connectivity index (χ1) is 14.1. The van der Waals surface area contributed by atoms with Crippen molar-refractivity contribution in [1.29, 1.82) is 0 Å². The van der Waals surface area contributed by atoms with Crippen molar-refractivity contribution in [2.45, 2.75) is 38.8 Å². The van der Waals surface area contributed by atoms with Crippen LogP contribution in [0.4, 0.5) is 10.7 Å². The molecule has 1 aliphatic heterocycles. The first-order valence-electron chi connectivity index (χ1n) is 9.94. The molecule has 1 saturated heterocycles. The van der Waals surface area contributed by atoms with E-state index in [2.05, 4.69) is 20.6 Å². The minimum Gasteiger partial charge on any atom is -0.450 e. The van der Waals surface area contributed by atoms with Crippen LogP contribution in [0.2, 0.25) is 0 Å². The molecule has 0 saturated carbocycles. The Morgan fingerprint density at radius 3 is 2.62 bits per heavy atom. The smallest absolute Gasteiger partial charge is 0.409 e. The first kappa shape index (κ1) is 20.6. The van der Waals surface area contributed by atoms with Gasteiger partial charge in [-0.25, -0.2) is 14.8 Å². The van der Waals surface area contributed by atoms with Crippen molar-refractivity contribution in [2.24, 2.45) is 0 Å². The number of piperidine rings is 1. The van der Waals surface area contributed by atoms with Gasteiger partial charge in [0, 0.05) is 25.3 Å². The van der Waals surface area contributed by atoms with E-state index in [0.717, 1.165) is 18.4 Å². The number of aromatic nitrogens is 2. The number of carbonyl (C=O) groups excluding carboxylic acids is 2. The Balaban J connectivity index is 1.54. The maximum Gasteiger partial charge on any atom is 0.409 e. The molecule has 0 bridgehead atoms. The predicted octanol–water partition coefficient (Wildman–Crippen LogP) is 3.00. The van der Waals surface area contributed by atoms with Gasteiger partial charge in [0.2, 0.25) is 5.95 Å². The van der Waals surface area contributed by atoms with Crippen LogP contribution in [0, 0.1) is 0 Å². The van der Waals surface area contributed by atoms with Gasteiger partial charge in [-0.1, -0.05) is 30.3 Å².